The Hall–Kier alpha value is -3.21. The molecule has 5 rings (SSSR count). The van der Waals surface area contributed by atoms with Gasteiger partial charge in [-0.2, -0.15) is 0 Å². The highest BCUT2D eigenvalue weighted by Gasteiger charge is 2.31. The lowest BCUT2D eigenvalue weighted by molar-refractivity contribution is 0.0964. The number of fused-ring (bicyclic) bond motifs is 1. The van der Waals surface area contributed by atoms with Crippen molar-refractivity contribution in [2.75, 3.05) is 37.7 Å². The molecule has 2 atom stereocenters. The van der Waals surface area contributed by atoms with Gasteiger partial charge in [0.1, 0.15) is 34.0 Å². The zero-order valence-electron chi connectivity index (χ0n) is 21.9. The molecule has 0 aliphatic carbocycles. The molecule has 10 heteroatoms. The van der Waals surface area contributed by atoms with Crippen molar-refractivity contribution in [3.63, 3.8) is 0 Å². The maximum absolute atomic E-state index is 14.4. The van der Waals surface area contributed by atoms with Crippen LogP contribution in [0.1, 0.15) is 34.7 Å². The molecule has 0 bridgehead atoms. The van der Waals surface area contributed by atoms with Gasteiger partial charge in [-0.25, -0.2) is 17.3 Å². The van der Waals surface area contributed by atoms with E-state index in [1.54, 1.807) is 37.4 Å². The normalized spacial score (nSPS) is 16.8. The average molecular weight is 570 g/mol. The molecule has 1 N–H and O–H groups in total. The number of anilines is 1. The number of amides is 1. The topological polar surface area (TPSA) is 65.8 Å². The number of halogens is 2. The molecule has 1 aliphatic heterocycles. The van der Waals surface area contributed by atoms with Crippen molar-refractivity contribution in [1.82, 2.24) is 9.62 Å². The number of hydrogen-bond acceptors (Lipinski definition) is 5. The fourth-order valence-corrected chi connectivity index (χ4v) is 6.75. The molecular weight excluding hydrogens is 540 g/mol. The fraction of sp³-hybridized carbons (Fsp3) is 0.276. The SMILES string of the molecule is CNC(=O)c1c(-c2ccc(F)cc2)oc2cc(N(C)SC)c(C3CCCN(S(=O)c4ccccc4F)C3)cc12. The molecule has 1 aromatic heterocycles. The van der Waals surface area contributed by atoms with Crippen molar-refractivity contribution < 1.29 is 22.2 Å². The van der Waals surface area contributed by atoms with Gasteiger partial charge >= 0.3 is 0 Å². The van der Waals surface area contributed by atoms with Crippen LogP contribution >= 0.6 is 11.9 Å². The summed E-state index contributed by atoms with van der Waals surface area (Å²) in [4.78, 5) is 13.3. The third kappa shape index (κ3) is 5.33. The average Bonchev–Trinajstić information content (AvgIpc) is 3.34. The van der Waals surface area contributed by atoms with Crippen LogP contribution in [0.25, 0.3) is 22.3 Å². The molecule has 39 heavy (non-hydrogen) atoms. The van der Waals surface area contributed by atoms with Crippen molar-refractivity contribution in [3.05, 3.63) is 83.4 Å². The first-order chi connectivity index (χ1) is 18.8. The van der Waals surface area contributed by atoms with Crippen LogP contribution in [0.15, 0.2) is 70.0 Å². The summed E-state index contributed by atoms with van der Waals surface area (Å²) in [6, 6.07) is 15.9. The molecule has 1 amide bonds. The molecule has 4 aromatic rings. The first-order valence-corrected chi connectivity index (χ1v) is 14.9. The van der Waals surface area contributed by atoms with E-state index >= 15 is 0 Å². The van der Waals surface area contributed by atoms with Crippen LogP contribution in [0, 0.1) is 11.6 Å². The zero-order chi connectivity index (χ0) is 27.7. The van der Waals surface area contributed by atoms with Crippen LogP contribution in [0.3, 0.4) is 0 Å². The zero-order valence-corrected chi connectivity index (χ0v) is 23.5. The molecule has 1 aliphatic rings. The summed E-state index contributed by atoms with van der Waals surface area (Å²) in [5.74, 6) is -0.812. The molecule has 2 unspecified atom stereocenters. The molecule has 0 spiro atoms. The predicted molar refractivity (Wildman–Crippen MR) is 153 cm³/mol. The Morgan fingerprint density at radius 2 is 1.90 bits per heavy atom. The summed E-state index contributed by atoms with van der Waals surface area (Å²) in [6.07, 6.45) is 3.61. The van der Waals surface area contributed by atoms with Gasteiger partial charge in [-0.1, -0.05) is 24.1 Å². The van der Waals surface area contributed by atoms with Gasteiger partial charge < -0.3 is 14.0 Å². The van der Waals surface area contributed by atoms with Crippen LogP contribution in [0.5, 0.6) is 0 Å². The highest BCUT2D eigenvalue weighted by Crippen LogP contribution is 2.42. The monoisotopic (exact) mass is 569 g/mol. The Balaban J connectivity index is 1.61. The number of benzene rings is 3. The molecule has 6 nitrogen and oxygen atoms in total. The van der Waals surface area contributed by atoms with Crippen LogP contribution < -0.4 is 9.62 Å². The molecular formula is C29H29F2N3O3S2. The van der Waals surface area contributed by atoms with E-state index in [0.29, 0.717) is 40.9 Å². The summed E-state index contributed by atoms with van der Waals surface area (Å²) >= 11 is 1.54. The van der Waals surface area contributed by atoms with Gasteiger partial charge in [-0.15, -0.1) is 0 Å². The second-order valence-corrected chi connectivity index (χ2v) is 11.8. The van der Waals surface area contributed by atoms with Crippen molar-refractivity contribution in [1.29, 1.82) is 0 Å². The fourth-order valence-electron chi connectivity index (χ4n) is 5.07. The number of piperidine rings is 1. The minimum atomic E-state index is -1.63. The molecule has 2 heterocycles. The van der Waals surface area contributed by atoms with Gasteiger partial charge in [0.2, 0.25) is 0 Å². The standard InChI is InChI=1S/C29H29F2N3O3S2/c1-32-29(35)27-22-15-21(19-7-6-14-34(17-19)39(36)26-9-5-4-8-23(26)31)24(33(2)38-3)16-25(22)37-28(27)18-10-12-20(30)13-11-18/h4-5,8-13,15-16,19H,6-7,14,17H2,1-3H3,(H,32,35). The van der Waals surface area contributed by atoms with Crippen molar-refractivity contribution in [2.24, 2.45) is 0 Å². The van der Waals surface area contributed by atoms with E-state index in [9.17, 15) is 17.8 Å². The van der Waals surface area contributed by atoms with Crippen molar-refractivity contribution in [3.8, 4) is 11.3 Å². The van der Waals surface area contributed by atoms with E-state index in [0.717, 1.165) is 24.1 Å². The second-order valence-electron chi connectivity index (χ2n) is 9.39. The summed E-state index contributed by atoms with van der Waals surface area (Å²) in [5, 5.41) is 3.35. The lowest BCUT2D eigenvalue weighted by atomic mass is 9.89. The maximum Gasteiger partial charge on any atom is 0.255 e. The third-order valence-corrected chi connectivity index (χ3v) is 9.35. The quantitative estimate of drug-likeness (QED) is 0.263. The number of furan rings is 1. The summed E-state index contributed by atoms with van der Waals surface area (Å²) in [6.45, 7) is 1.07. The van der Waals surface area contributed by atoms with Gasteiger partial charge in [-0.3, -0.25) is 4.79 Å². The van der Waals surface area contributed by atoms with Crippen LogP contribution in [0.4, 0.5) is 14.5 Å². The highest BCUT2D eigenvalue weighted by molar-refractivity contribution is 7.99. The minimum absolute atomic E-state index is 0.00909. The van der Waals surface area contributed by atoms with Gasteiger partial charge in [-0.05, 0) is 66.8 Å². The second kappa shape index (κ2) is 11.5. The Morgan fingerprint density at radius 3 is 2.59 bits per heavy atom. The van der Waals surface area contributed by atoms with Gasteiger partial charge in [0.05, 0.1) is 16.1 Å². The molecule has 1 fully saturated rings. The Morgan fingerprint density at radius 1 is 1.15 bits per heavy atom. The summed E-state index contributed by atoms with van der Waals surface area (Å²) < 4.78 is 51.5. The van der Waals surface area contributed by atoms with E-state index in [-0.39, 0.29) is 22.5 Å². The number of carbonyl (C=O) groups is 1. The third-order valence-electron chi connectivity index (χ3n) is 7.09. The van der Waals surface area contributed by atoms with E-state index in [1.807, 2.05) is 34.0 Å². The Kier molecular flexibility index (Phi) is 8.06. The van der Waals surface area contributed by atoms with Crippen LogP contribution in [-0.4, -0.2) is 47.9 Å². The Labute approximate surface area is 233 Å². The van der Waals surface area contributed by atoms with Gasteiger partial charge in [0.25, 0.3) is 5.91 Å². The first kappa shape index (κ1) is 27.4. The first-order valence-electron chi connectivity index (χ1n) is 12.6. The molecule has 204 valence electrons. The van der Waals surface area contributed by atoms with E-state index in [4.69, 9.17) is 4.42 Å². The smallest absolute Gasteiger partial charge is 0.255 e. The number of nitrogens with zero attached hydrogens (tertiary/aromatic N) is 2. The largest absolute Gasteiger partial charge is 0.455 e. The van der Waals surface area contributed by atoms with Crippen molar-refractivity contribution in [2.45, 2.75) is 23.7 Å². The van der Waals surface area contributed by atoms with Gasteiger partial charge in [0, 0.05) is 50.5 Å². The lowest BCUT2D eigenvalue weighted by Crippen LogP contribution is -2.36. The highest BCUT2D eigenvalue weighted by atomic mass is 32.2. The number of rotatable bonds is 7. The van der Waals surface area contributed by atoms with E-state index in [2.05, 4.69) is 5.32 Å². The Bertz CT molecular complexity index is 1540. The molecule has 1 saturated heterocycles. The summed E-state index contributed by atoms with van der Waals surface area (Å²) in [7, 11) is 1.88. The lowest BCUT2D eigenvalue weighted by Gasteiger charge is -2.34. The number of carbonyl (C=O) groups excluding carboxylic acids is 1. The summed E-state index contributed by atoms with van der Waals surface area (Å²) in [5.41, 5.74) is 3.42. The van der Waals surface area contributed by atoms with Gasteiger partial charge in [0.15, 0.2) is 0 Å². The maximum atomic E-state index is 14.4. The molecule has 3 aromatic carbocycles. The molecule has 0 saturated carbocycles. The predicted octanol–water partition coefficient (Wildman–Crippen LogP) is 6.35. The molecule has 0 radical (unpaired) electrons. The van der Waals surface area contributed by atoms with Crippen LogP contribution in [0.2, 0.25) is 0 Å². The number of hydrogen-bond donors (Lipinski definition) is 1. The number of nitrogens with one attached hydrogen (secondary N) is 1. The minimum Gasteiger partial charge on any atom is -0.455 e. The van der Waals surface area contributed by atoms with Crippen LogP contribution in [-0.2, 0) is 11.0 Å². The van der Waals surface area contributed by atoms with E-state index < -0.39 is 16.8 Å². The van der Waals surface area contributed by atoms with E-state index in [1.165, 1.54) is 30.1 Å². The van der Waals surface area contributed by atoms with Crippen molar-refractivity contribution >= 4 is 45.5 Å².